The minimum Gasteiger partial charge on any atom is -0.462 e. The van der Waals surface area contributed by atoms with Gasteiger partial charge in [-0.1, -0.05) is 30.3 Å². The number of benzene rings is 1. The average molecular weight is 489 g/mol. The lowest BCUT2D eigenvalue weighted by Crippen LogP contribution is -2.24. The highest BCUT2D eigenvalue weighted by Gasteiger charge is 2.28. The van der Waals surface area contributed by atoms with Crippen molar-refractivity contribution in [1.29, 1.82) is 5.26 Å². The number of esters is 1. The first-order valence-electron chi connectivity index (χ1n) is 11.7. The van der Waals surface area contributed by atoms with Gasteiger partial charge in [0.25, 0.3) is 5.91 Å². The number of aryl methyl sites for hydroxylation is 2. The maximum absolute atomic E-state index is 12.9. The fourth-order valence-electron chi connectivity index (χ4n) is 4.51. The third-order valence-electron chi connectivity index (χ3n) is 6.21. The molecule has 8 heteroatoms. The van der Waals surface area contributed by atoms with Gasteiger partial charge >= 0.3 is 5.97 Å². The van der Waals surface area contributed by atoms with E-state index in [1.165, 1.54) is 4.88 Å². The molecule has 1 atom stereocenters. The molecule has 1 aliphatic rings. The van der Waals surface area contributed by atoms with E-state index in [2.05, 4.69) is 15.1 Å². The molecule has 1 aromatic carbocycles. The van der Waals surface area contributed by atoms with Crippen molar-refractivity contribution in [2.45, 2.75) is 52.4 Å². The van der Waals surface area contributed by atoms with Crippen LogP contribution in [0.5, 0.6) is 0 Å². The van der Waals surface area contributed by atoms with Crippen molar-refractivity contribution in [3.05, 3.63) is 74.9 Å². The van der Waals surface area contributed by atoms with Gasteiger partial charge < -0.3 is 9.30 Å². The van der Waals surface area contributed by atoms with Crippen LogP contribution < -0.4 is 5.43 Å². The second kappa shape index (κ2) is 10.7. The van der Waals surface area contributed by atoms with E-state index < -0.39 is 11.8 Å². The molecule has 0 radical (unpaired) electrons. The number of nitrogens with one attached hydrogen (secondary N) is 1. The molecule has 0 saturated heterocycles. The second-order valence-corrected chi connectivity index (χ2v) is 9.56. The van der Waals surface area contributed by atoms with Crippen molar-refractivity contribution in [2.75, 3.05) is 6.61 Å². The summed E-state index contributed by atoms with van der Waals surface area (Å²) in [6.07, 6.45) is 5.65. The maximum Gasteiger partial charge on any atom is 0.341 e. The summed E-state index contributed by atoms with van der Waals surface area (Å²) in [6, 6.07) is 12.9. The Morgan fingerprint density at radius 2 is 2.00 bits per heavy atom. The van der Waals surface area contributed by atoms with Crippen molar-refractivity contribution in [3.63, 3.8) is 0 Å². The van der Waals surface area contributed by atoms with Crippen molar-refractivity contribution in [3.8, 4) is 11.1 Å². The quantitative estimate of drug-likeness (QED) is 0.289. The number of hydrazone groups is 1. The van der Waals surface area contributed by atoms with Gasteiger partial charge in [-0.05, 0) is 63.6 Å². The number of hydrogen-bond acceptors (Lipinski definition) is 6. The predicted octanol–water partition coefficient (Wildman–Crippen LogP) is 4.97. The lowest BCUT2D eigenvalue weighted by molar-refractivity contribution is -0.121. The zero-order valence-electron chi connectivity index (χ0n) is 20.1. The summed E-state index contributed by atoms with van der Waals surface area (Å²) in [4.78, 5) is 26.7. The highest BCUT2D eigenvalue weighted by Crippen LogP contribution is 2.39. The van der Waals surface area contributed by atoms with E-state index in [1.54, 1.807) is 41.8 Å². The fraction of sp³-hybridized carbons (Fsp3) is 0.333. The van der Waals surface area contributed by atoms with Crippen molar-refractivity contribution >= 4 is 29.4 Å². The van der Waals surface area contributed by atoms with E-state index in [0.29, 0.717) is 17.7 Å². The number of carbonyl (C=O) groups is 2. The number of ether oxygens (including phenoxy) is 1. The fourth-order valence-corrected chi connectivity index (χ4v) is 6.00. The van der Waals surface area contributed by atoms with E-state index in [9.17, 15) is 14.9 Å². The Balaban J connectivity index is 1.61. The molecule has 3 aromatic rings. The highest BCUT2D eigenvalue weighted by molar-refractivity contribution is 7.15. The minimum absolute atomic E-state index is 0.277. The van der Waals surface area contributed by atoms with Gasteiger partial charge in [-0.3, -0.25) is 4.79 Å². The summed E-state index contributed by atoms with van der Waals surface area (Å²) >= 11 is 1.66. The van der Waals surface area contributed by atoms with Gasteiger partial charge in [0.15, 0.2) is 5.92 Å². The number of hydrogen-bond donors (Lipinski definition) is 1. The van der Waals surface area contributed by atoms with Crippen LogP contribution in [-0.2, 0) is 22.4 Å². The second-order valence-electron chi connectivity index (χ2n) is 8.48. The molecule has 0 aliphatic heterocycles. The van der Waals surface area contributed by atoms with Crippen molar-refractivity contribution in [1.82, 2.24) is 9.99 Å². The Hall–Kier alpha value is -3.70. The van der Waals surface area contributed by atoms with Gasteiger partial charge in [0, 0.05) is 21.8 Å². The Morgan fingerprint density at radius 1 is 1.26 bits per heavy atom. The molecule has 0 fully saturated rings. The largest absolute Gasteiger partial charge is 0.462 e. The normalized spacial score (nSPS) is 13.8. The number of carbonyl (C=O) groups excluding carboxylic acids is 2. The van der Waals surface area contributed by atoms with E-state index in [-0.39, 0.29) is 5.97 Å². The Morgan fingerprint density at radius 3 is 2.71 bits per heavy atom. The summed E-state index contributed by atoms with van der Waals surface area (Å²) in [7, 11) is 0. The van der Waals surface area contributed by atoms with Crippen LogP contribution in [0.2, 0.25) is 0 Å². The van der Waals surface area contributed by atoms with E-state index in [0.717, 1.165) is 53.2 Å². The molecule has 35 heavy (non-hydrogen) atoms. The summed E-state index contributed by atoms with van der Waals surface area (Å²) < 4.78 is 7.49. The van der Waals surface area contributed by atoms with Gasteiger partial charge in [-0.25, -0.2) is 10.2 Å². The number of rotatable bonds is 7. The number of fused-ring (bicyclic) bond motifs is 1. The molecule has 0 bridgehead atoms. The first-order chi connectivity index (χ1) is 17.0. The van der Waals surface area contributed by atoms with Gasteiger partial charge in [0.05, 0.1) is 24.5 Å². The van der Waals surface area contributed by atoms with Crippen LogP contribution in [0.25, 0.3) is 5.00 Å². The number of amides is 1. The number of aromatic nitrogens is 1. The van der Waals surface area contributed by atoms with Gasteiger partial charge in [-0.2, -0.15) is 10.4 Å². The number of nitriles is 1. The zero-order chi connectivity index (χ0) is 24.9. The molecule has 0 saturated carbocycles. The average Bonchev–Trinajstić information content (AvgIpc) is 3.36. The predicted molar refractivity (Wildman–Crippen MR) is 136 cm³/mol. The molecular formula is C27H28N4O3S. The summed E-state index contributed by atoms with van der Waals surface area (Å²) in [6.45, 7) is 6.10. The van der Waals surface area contributed by atoms with Crippen molar-refractivity contribution < 1.29 is 14.3 Å². The SMILES string of the molecule is CCOC(=O)c1c(-n2c(C)cc(/C=N\NC(=O)[C@H](C#N)c3ccccc3)c2C)sc2c1CCCC2. The molecular weight excluding hydrogens is 460 g/mol. The third-order valence-corrected chi connectivity index (χ3v) is 7.49. The van der Waals surface area contributed by atoms with Crippen LogP contribution in [0, 0.1) is 25.2 Å². The Kier molecular flexibility index (Phi) is 7.47. The van der Waals surface area contributed by atoms with Crippen LogP contribution in [0.1, 0.15) is 69.0 Å². The number of nitrogens with zero attached hydrogens (tertiary/aromatic N) is 3. The molecule has 4 rings (SSSR count). The number of thiophene rings is 1. The van der Waals surface area contributed by atoms with Gasteiger partial charge in [-0.15, -0.1) is 11.3 Å². The van der Waals surface area contributed by atoms with Crippen LogP contribution in [-0.4, -0.2) is 29.3 Å². The lowest BCUT2D eigenvalue weighted by Gasteiger charge is -2.13. The standard InChI is InChI=1S/C27H28N4O3S/c1-4-34-27(33)24-21-12-8-9-13-23(21)35-26(24)31-17(2)14-20(18(31)3)16-29-30-25(32)22(15-28)19-10-6-5-7-11-19/h5-7,10-11,14,16,22H,4,8-9,12-13H2,1-3H3,(H,30,32)/b29-16-/t22-/m1/s1. The van der Waals surface area contributed by atoms with E-state index in [4.69, 9.17) is 4.74 Å². The molecule has 2 aromatic heterocycles. The Bertz CT molecular complexity index is 1310. The zero-order valence-corrected chi connectivity index (χ0v) is 20.9. The molecule has 2 heterocycles. The third kappa shape index (κ3) is 4.91. The molecule has 1 N–H and O–H groups in total. The first-order valence-corrected chi connectivity index (χ1v) is 12.6. The van der Waals surface area contributed by atoms with Crippen LogP contribution in [0.4, 0.5) is 0 Å². The topological polar surface area (TPSA) is 96.5 Å². The Labute approximate surface area is 209 Å². The molecule has 1 aliphatic carbocycles. The van der Waals surface area contributed by atoms with Gasteiger partial charge in [0.1, 0.15) is 5.00 Å². The van der Waals surface area contributed by atoms with E-state index in [1.807, 2.05) is 39.0 Å². The monoisotopic (exact) mass is 488 g/mol. The summed E-state index contributed by atoms with van der Waals surface area (Å²) in [5, 5.41) is 14.4. The molecule has 7 nitrogen and oxygen atoms in total. The van der Waals surface area contributed by atoms with Crippen molar-refractivity contribution in [2.24, 2.45) is 5.10 Å². The lowest BCUT2D eigenvalue weighted by atomic mass is 9.95. The molecule has 1 amide bonds. The van der Waals surface area contributed by atoms with Crippen LogP contribution >= 0.6 is 11.3 Å². The minimum atomic E-state index is -0.939. The molecule has 180 valence electrons. The smallest absolute Gasteiger partial charge is 0.341 e. The van der Waals surface area contributed by atoms with Crippen LogP contribution in [0.15, 0.2) is 41.5 Å². The molecule has 0 spiro atoms. The summed E-state index contributed by atoms with van der Waals surface area (Å²) in [5.41, 5.74) is 7.58. The summed E-state index contributed by atoms with van der Waals surface area (Å²) in [5.74, 6) is -1.70. The highest BCUT2D eigenvalue weighted by atomic mass is 32.1. The first kappa shape index (κ1) is 24.4. The van der Waals surface area contributed by atoms with Crippen LogP contribution in [0.3, 0.4) is 0 Å². The molecule has 0 unspecified atom stereocenters. The van der Waals surface area contributed by atoms with Gasteiger partial charge in [0.2, 0.25) is 0 Å². The maximum atomic E-state index is 12.9. The van der Waals surface area contributed by atoms with E-state index >= 15 is 0 Å².